The Hall–Kier alpha value is -1.32. The van der Waals surface area contributed by atoms with Gasteiger partial charge in [-0.2, -0.15) is 5.10 Å². The molecule has 0 aliphatic carbocycles. The smallest absolute Gasteiger partial charge is 0.0489 e. The van der Waals surface area contributed by atoms with Crippen molar-refractivity contribution in [3.05, 3.63) is 53.3 Å². The molecule has 0 fully saturated rings. The lowest BCUT2D eigenvalue weighted by atomic mass is 10.2. The Labute approximate surface area is 106 Å². The molecule has 0 aliphatic rings. The fraction of sp³-hybridized carbons (Fsp3) is 0.308. The SMILES string of the molecule is Clc1ccccc1CNCCCn1cccn1. The molecule has 4 heteroatoms. The second-order valence-corrected chi connectivity index (χ2v) is 4.30. The number of aromatic nitrogens is 2. The number of aryl methyl sites for hydroxylation is 1. The first-order chi connectivity index (χ1) is 8.36. The molecule has 3 nitrogen and oxygen atoms in total. The predicted molar refractivity (Wildman–Crippen MR) is 70.0 cm³/mol. The van der Waals surface area contributed by atoms with Crippen molar-refractivity contribution in [1.29, 1.82) is 0 Å². The second kappa shape index (κ2) is 6.42. The molecule has 0 amide bonds. The van der Waals surface area contributed by atoms with Crippen molar-refractivity contribution >= 4 is 11.6 Å². The summed E-state index contributed by atoms with van der Waals surface area (Å²) in [6.45, 7) is 2.73. The lowest BCUT2D eigenvalue weighted by Gasteiger charge is -2.06. The van der Waals surface area contributed by atoms with Crippen LogP contribution in [0.4, 0.5) is 0 Å². The number of benzene rings is 1. The molecule has 2 aromatic rings. The summed E-state index contributed by atoms with van der Waals surface area (Å²) in [6, 6.07) is 9.86. The molecular formula is C13H16ClN3. The van der Waals surface area contributed by atoms with Gasteiger partial charge in [-0.25, -0.2) is 0 Å². The number of hydrogen-bond acceptors (Lipinski definition) is 2. The van der Waals surface area contributed by atoms with Gasteiger partial charge >= 0.3 is 0 Å². The van der Waals surface area contributed by atoms with Crippen LogP contribution in [0.15, 0.2) is 42.7 Å². The maximum absolute atomic E-state index is 6.06. The summed E-state index contributed by atoms with van der Waals surface area (Å²) >= 11 is 6.06. The second-order valence-electron chi connectivity index (χ2n) is 3.89. The van der Waals surface area contributed by atoms with Crippen LogP contribution in [0.3, 0.4) is 0 Å². The molecule has 1 heterocycles. The Morgan fingerprint density at radius 2 is 2.12 bits per heavy atom. The highest BCUT2D eigenvalue weighted by molar-refractivity contribution is 6.31. The third-order valence-corrected chi connectivity index (χ3v) is 2.94. The normalized spacial score (nSPS) is 10.6. The summed E-state index contributed by atoms with van der Waals surface area (Å²) in [5, 5.41) is 8.36. The lowest BCUT2D eigenvalue weighted by Crippen LogP contribution is -2.16. The first kappa shape index (κ1) is 12.1. The van der Waals surface area contributed by atoms with Crippen LogP contribution in [-0.2, 0) is 13.1 Å². The molecule has 1 N–H and O–H groups in total. The van der Waals surface area contributed by atoms with Crippen molar-refractivity contribution in [2.75, 3.05) is 6.54 Å². The molecule has 1 aromatic heterocycles. The van der Waals surface area contributed by atoms with E-state index in [4.69, 9.17) is 11.6 Å². The van der Waals surface area contributed by atoms with Crippen LogP contribution in [0.25, 0.3) is 0 Å². The van der Waals surface area contributed by atoms with Gasteiger partial charge in [0.2, 0.25) is 0 Å². The fourth-order valence-corrected chi connectivity index (χ4v) is 1.87. The summed E-state index contributed by atoms with van der Waals surface area (Å²) in [4.78, 5) is 0. The van der Waals surface area contributed by atoms with Crippen molar-refractivity contribution in [1.82, 2.24) is 15.1 Å². The Kier molecular flexibility index (Phi) is 4.59. The topological polar surface area (TPSA) is 29.9 Å². The van der Waals surface area contributed by atoms with E-state index in [1.165, 1.54) is 0 Å². The standard InChI is InChI=1S/C13H16ClN3/c14-13-6-2-1-5-12(13)11-15-7-3-9-17-10-4-8-16-17/h1-2,4-6,8,10,15H,3,7,9,11H2. The van der Waals surface area contributed by atoms with Gasteiger partial charge in [0.05, 0.1) is 0 Å². The van der Waals surface area contributed by atoms with Crippen molar-refractivity contribution in [3.8, 4) is 0 Å². The zero-order valence-electron chi connectivity index (χ0n) is 9.64. The van der Waals surface area contributed by atoms with Crippen LogP contribution in [0.5, 0.6) is 0 Å². The van der Waals surface area contributed by atoms with Crippen molar-refractivity contribution in [2.24, 2.45) is 0 Å². The first-order valence-corrected chi connectivity index (χ1v) is 6.15. The number of nitrogens with one attached hydrogen (secondary N) is 1. The van der Waals surface area contributed by atoms with Gasteiger partial charge in [0.25, 0.3) is 0 Å². The van der Waals surface area contributed by atoms with E-state index in [1.54, 1.807) is 6.20 Å². The fourth-order valence-electron chi connectivity index (χ4n) is 1.66. The van der Waals surface area contributed by atoms with Gasteiger partial charge < -0.3 is 5.32 Å². The minimum absolute atomic E-state index is 0.818. The summed E-state index contributed by atoms with van der Waals surface area (Å²) in [7, 11) is 0. The van der Waals surface area contributed by atoms with Gasteiger partial charge in [-0.05, 0) is 30.7 Å². The zero-order valence-corrected chi connectivity index (χ0v) is 10.4. The van der Waals surface area contributed by atoms with Gasteiger partial charge in [-0.3, -0.25) is 4.68 Å². The molecule has 1 aromatic carbocycles. The molecule has 0 saturated heterocycles. The Morgan fingerprint density at radius 1 is 1.24 bits per heavy atom. The maximum Gasteiger partial charge on any atom is 0.0489 e. The highest BCUT2D eigenvalue weighted by Gasteiger charge is 1.97. The summed E-state index contributed by atoms with van der Waals surface area (Å²) < 4.78 is 1.94. The molecule has 0 unspecified atom stereocenters. The van der Waals surface area contributed by atoms with E-state index >= 15 is 0 Å². The van der Waals surface area contributed by atoms with Crippen LogP contribution in [0, 0.1) is 0 Å². The molecule has 2 rings (SSSR count). The molecule has 90 valence electrons. The van der Waals surface area contributed by atoms with Gasteiger partial charge in [0, 0.05) is 30.5 Å². The van der Waals surface area contributed by atoms with E-state index in [1.807, 2.05) is 41.2 Å². The molecule has 0 spiro atoms. The van der Waals surface area contributed by atoms with Crippen molar-refractivity contribution in [2.45, 2.75) is 19.5 Å². The van der Waals surface area contributed by atoms with E-state index < -0.39 is 0 Å². The van der Waals surface area contributed by atoms with E-state index in [2.05, 4.69) is 10.4 Å². The average molecular weight is 250 g/mol. The van der Waals surface area contributed by atoms with Crippen LogP contribution < -0.4 is 5.32 Å². The summed E-state index contributed by atoms with van der Waals surface area (Å²) in [5.74, 6) is 0. The molecule has 0 aliphatic heterocycles. The van der Waals surface area contributed by atoms with Crippen molar-refractivity contribution in [3.63, 3.8) is 0 Å². The first-order valence-electron chi connectivity index (χ1n) is 5.78. The lowest BCUT2D eigenvalue weighted by molar-refractivity contribution is 0.543. The molecule has 17 heavy (non-hydrogen) atoms. The van der Waals surface area contributed by atoms with Crippen molar-refractivity contribution < 1.29 is 0 Å². The van der Waals surface area contributed by atoms with Gasteiger partial charge in [0.1, 0.15) is 0 Å². The minimum atomic E-state index is 0.818. The Balaban J connectivity index is 1.65. The zero-order chi connectivity index (χ0) is 11.9. The van der Waals surface area contributed by atoms with E-state index in [0.29, 0.717) is 0 Å². The van der Waals surface area contributed by atoms with Gasteiger partial charge in [-0.15, -0.1) is 0 Å². The summed E-state index contributed by atoms with van der Waals surface area (Å²) in [5.41, 5.74) is 1.15. The number of nitrogens with zero attached hydrogens (tertiary/aromatic N) is 2. The number of halogens is 1. The van der Waals surface area contributed by atoms with E-state index in [0.717, 1.165) is 36.6 Å². The quantitative estimate of drug-likeness (QED) is 0.798. The van der Waals surface area contributed by atoms with Crippen LogP contribution in [-0.4, -0.2) is 16.3 Å². The summed E-state index contributed by atoms with van der Waals surface area (Å²) in [6.07, 6.45) is 4.84. The highest BCUT2D eigenvalue weighted by Crippen LogP contribution is 2.14. The third-order valence-electron chi connectivity index (χ3n) is 2.57. The maximum atomic E-state index is 6.06. The van der Waals surface area contributed by atoms with Crippen LogP contribution in [0.2, 0.25) is 5.02 Å². The van der Waals surface area contributed by atoms with Crippen LogP contribution >= 0.6 is 11.6 Å². The number of hydrogen-bond donors (Lipinski definition) is 1. The molecule has 0 radical (unpaired) electrons. The predicted octanol–water partition coefficient (Wildman–Crippen LogP) is 2.72. The number of rotatable bonds is 6. The minimum Gasteiger partial charge on any atom is -0.313 e. The van der Waals surface area contributed by atoms with Gasteiger partial charge in [0.15, 0.2) is 0 Å². The van der Waals surface area contributed by atoms with E-state index in [9.17, 15) is 0 Å². The molecule has 0 saturated carbocycles. The Bertz CT molecular complexity index is 440. The third kappa shape index (κ3) is 3.88. The largest absolute Gasteiger partial charge is 0.313 e. The van der Waals surface area contributed by atoms with Gasteiger partial charge in [-0.1, -0.05) is 29.8 Å². The molecule has 0 atom stereocenters. The monoisotopic (exact) mass is 249 g/mol. The highest BCUT2D eigenvalue weighted by atomic mass is 35.5. The molecular weight excluding hydrogens is 234 g/mol. The van der Waals surface area contributed by atoms with Crippen LogP contribution in [0.1, 0.15) is 12.0 Å². The molecule has 0 bridgehead atoms. The Morgan fingerprint density at radius 3 is 2.88 bits per heavy atom. The van der Waals surface area contributed by atoms with E-state index in [-0.39, 0.29) is 0 Å². The average Bonchev–Trinajstić information content (AvgIpc) is 2.84.